The van der Waals surface area contributed by atoms with Crippen molar-refractivity contribution in [1.82, 2.24) is 0 Å². The SMILES string of the molecule is CSCc1cc(C#CCCO)cs1. The molecule has 0 aromatic carbocycles. The van der Waals surface area contributed by atoms with Crippen molar-refractivity contribution < 1.29 is 5.11 Å². The van der Waals surface area contributed by atoms with E-state index in [9.17, 15) is 0 Å². The first-order valence-electron chi connectivity index (χ1n) is 4.03. The lowest BCUT2D eigenvalue weighted by Gasteiger charge is -1.86. The van der Waals surface area contributed by atoms with E-state index in [2.05, 4.69) is 29.5 Å². The molecule has 1 aromatic rings. The lowest BCUT2D eigenvalue weighted by Crippen LogP contribution is -1.76. The molecule has 0 atom stereocenters. The molecule has 1 nitrogen and oxygen atoms in total. The minimum absolute atomic E-state index is 0.148. The van der Waals surface area contributed by atoms with Crippen LogP contribution in [0.2, 0.25) is 0 Å². The summed E-state index contributed by atoms with van der Waals surface area (Å²) in [5.74, 6) is 6.98. The Morgan fingerprint density at radius 3 is 3.15 bits per heavy atom. The fraction of sp³-hybridized carbons (Fsp3) is 0.400. The van der Waals surface area contributed by atoms with Crippen LogP contribution in [0.3, 0.4) is 0 Å². The van der Waals surface area contributed by atoms with Gasteiger partial charge in [0, 0.05) is 28.0 Å². The van der Waals surface area contributed by atoms with E-state index >= 15 is 0 Å². The average Bonchev–Trinajstić information content (AvgIpc) is 2.54. The van der Waals surface area contributed by atoms with Gasteiger partial charge in [-0.05, 0) is 12.3 Å². The fourth-order valence-corrected chi connectivity index (χ4v) is 2.48. The molecule has 0 radical (unpaired) electrons. The maximum absolute atomic E-state index is 8.53. The van der Waals surface area contributed by atoms with Crippen molar-refractivity contribution in [3.05, 3.63) is 21.9 Å². The number of hydrogen-bond donors (Lipinski definition) is 1. The Morgan fingerprint density at radius 1 is 1.62 bits per heavy atom. The molecule has 0 aliphatic heterocycles. The summed E-state index contributed by atoms with van der Waals surface area (Å²) in [6, 6.07) is 2.12. The van der Waals surface area contributed by atoms with E-state index < -0.39 is 0 Å². The molecule has 0 spiro atoms. The van der Waals surface area contributed by atoms with Gasteiger partial charge in [-0.3, -0.25) is 0 Å². The molecule has 0 unspecified atom stereocenters. The van der Waals surface area contributed by atoms with E-state index in [0.717, 1.165) is 11.3 Å². The first kappa shape index (κ1) is 10.6. The predicted octanol–water partition coefficient (Wildman–Crippen LogP) is 2.35. The van der Waals surface area contributed by atoms with Gasteiger partial charge in [0.25, 0.3) is 0 Å². The summed E-state index contributed by atoms with van der Waals surface area (Å²) in [6.07, 6.45) is 2.66. The van der Waals surface area contributed by atoms with Gasteiger partial charge in [0.15, 0.2) is 0 Å². The van der Waals surface area contributed by atoms with Gasteiger partial charge in [-0.15, -0.1) is 11.3 Å². The molecule has 70 valence electrons. The van der Waals surface area contributed by atoms with Gasteiger partial charge < -0.3 is 5.11 Å². The minimum atomic E-state index is 0.148. The number of thiophene rings is 1. The fourth-order valence-electron chi connectivity index (χ4n) is 0.885. The van der Waals surface area contributed by atoms with Gasteiger partial charge in [-0.2, -0.15) is 11.8 Å². The normalized spacial score (nSPS) is 9.38. The second-order valence-corrected chi connectivity index (χ2v) is 4.37. The first-order valence-corrected chi connectivity index (χ1v) is 6.30. The molecule has 0 saturated carbocycles. The Balaban J connectivity index is 2.54. The number of rotatable bonds is 3. The first-order chi connectivity index (χ1) is 6.36. The second-order valence-electron chi connectivity index (χ2n) is 2.51. The van der Waals surface area contributed by atoms with Crippen LogP contribution >= 0.6 is 23.1 Å². The van der Waals surface area contributed by atoms with E-state index in [0.29, 0.717) is 6.42 Å². The molecule has 0 bridgehead atoms. The third kappa shape index (κ3) is 3.86. The van der Waals surface area contributed by atoms with Crippen molar-refractivity contribution in [3.8, 4) is 11.8 Å². The van der Waals surface area contributed by atoms with E-state index in [1.165, 1.54) is 4.88 Å². The van der Waals surface area contributed by atoms with Gasteiger partial charge in [-0.1, -0.05) is 11.8 Å². The van der Waals surface area contributed by atoms with Crippen LogP contribution in [0.25, 0.3) is 0 Å². The molecule has 3 heteroatoms. The summed E-state index contributed by atoms with van der Waals surface area (Å²) in [5, 5.41) is 10.6. The molecule has 0 saturated heterocycles. The minimum Gasteiger partial charge on any atom is -0.395 e. The highest BCUT2D eigenvalue weighted by Crippen LogP contribution is 2.18. The number of aliphatic hydroxyl groups is 1. The Labute approximate surface area is 87.2 Å². The zero-order chi connectivity index (χ0) is 9.52. The van der Waals surface area contributed by atoms with E-state index in [1.807, 2.05) is 11.8 Å². The maximum atomic E-state index is 8.53. The van der Waals surface area contributed by atoms with Crippen LogP contribution in [-0.2, 0) is 5.75 Å². The predicted molar refractivity (Wildman–Crippen MR) is 60.1 cm³/mol. The largest absolute Gasteiger partial charge is 0.395 e. The smallest absolute Gasteiger partial charge is 0.0540 e. The molecule has 13 heavy (non-hydrogen) atoms. The third-order valence-electron chi connectivity index (χ3n) is 1.41. The molecule has 1 N–H and O–H groups in total. The number of aliphatic hydroxyl groups excluding tert-OH is 1. The summed E-state index contributed by atoms with van der Waals surface area (Å²) < 4.78 is 0. The van der Waals surface area contributed by atoms with Crippen molar-refractivity contribution in [2.24, 2.45) is 0 Å². The monoisotopic (exact) mass is 212 g/mol. The zero-order valence-corrected chi connectivity index (χ0v) is 9.17. The Morgan fingerprint density at radius 2 is 2.46 bits per heavy atom. The average molecular weight is 212 g/mol. The van der Waals surface area contributed by atoms with Crippen LogP contribution in [0.1, 0.15) is 16.9 Å². The Hall–Kier alpha value is -0.430. The van der Waals surface area contributed by atoms with Crippen LogP contribution in [0, 0.1) is 11.8 Å². The van der Waals surface area contributed by atoms with Crippen LogP contribution < -0.4 is 0 Å². The van der Waals surface area contributed by atoms with Crippen LogP contribution in [0.15, 0.2) is 11.4 Å². The summed E-state index contributed by atoms with van der Waals surface area (Å²) in [6.45, 7) is 0.148. The molecule has 0 aliphatic carbocycles. The van der Waals surface area contributed by atoms with Crippen molar-refractivity contribution >= 4 is 23.1 Å². The molecule has 0 aliphatic rings. The molecule has 1 heterocycles. The lowest BCUT2D eigenvalue weighted by atomic mass is 10.3. The van der Waals surface area contributed by atoms with Crippen molar-refractivity contribution in [2.45, 2.75) is 12.2 Å². The standard InChI is InChI=1S/C10H12OS2/c1-12-8-10-6-9(7-13-10)4-2-3-5-11/h6-7,11H,3,5,8H2,1H3. The topological polar surface area (TPSA) is 20.2 Å². The lowest BCUT2D eigenvalue weighted by molar-refractivity contribution is 0.305. The molecule has 1 rings (SSSR count). The highest BCUT2D eigenvalue weighted by atomic mass is 32.2. The van der Waals surface area contributed by atoms with Gasteiger partial charge in [0.1, 0.15) is 0 Å². The van der Waals surface area contributed by atoms with Gasteiger partial charge in [0.05, 0.1) is 6.61 Å². The van der Waals surface area contributed by atoms with Crippen molar-refractivity contribution in [3.63, 3.8) is 0 Å². The Bertz CT molecular complexity index is 306. The highest BCUT2D eigenvalue weighted by molar-refractivity contribution is 7.97. The molecular weight excluding hydrogens is 200 g/mol. The summed E-state index contributed by atoms with van der Waals surface area (Å²) in [4.78, 5) is 1.36. The van der Waals surface area contributed by atoms with Gasteiger partial charge in [0.2, 0.25) is 0 Å². The van der Waals surface area contributed by atoms with E-state index in [-0.39, 0.29) is 6.61 Å². The zero-order valence-electron chi connectivity index (χ0n) is 7.54. The highest BCUT2D eigenvalue weighted by Gasteiger charge is 1.95. The Kier molecular flexibility index (Phi) is 4.99. The van der Waals surface area contributed by atoms with E-state index in [4.69, 9.17) is 5.11 Å². The summed E-state index contributed by atoms with van der Waals surface area (Å²) >= 11 is 3.56. The molecule has 0 fully saturated rings. The second kappa shape index (κ2) is 6.09. The van der Waals surface area contributed by atoms with Gasteiger partial charge >= 0.3 is 0 Å². The molecule has 0 amide bonds. The summed E-state index contributed by atoms with van der Waals surface area (Å²) in [5.41, 5.74) is 1.07. The quantitative estimate of drug-likeness (QED) is 0.776. The maximum Gasteiger partial charge on any atom is 0.0540 e. The number of hydrogen-bond acceptors (Lipinski definition) is 3. The van der Waals surface area contributed by atoms with Crippen molar-refractivity contribution in [2.75, 3.05) is 12.9 Å². The van der Waals surface area contributed by atoms with Gasteiger partial charge in [-0.25, -0.2) is 0 Å². The van der Waals surface area contributed by atoms with Crippen LogP contribution in [0.4, 0.5) is 0 Å². The third-order valence-corrected chi connectivity index (χ3v) is 3.13. The van der Waals surface area contributed by atoms with Crippen LogP contribution in [-0.4, -0.2) is 18.0 Å². The van der Waals surface area contributed by atoms with E-state index in [1.54, 1.807) is 11.3 Å². The van der Waals surface area contributed by atoms with Crippen molar-refractivity contribution in [1.29, 1.82) is 0 Å². The molecular formula is C10H12OS2. The number of thioether (sulfide) groups is 1. The van der Waals surface area contributed by atoms with Crippen LogP contribution in [0.5, 0.6) is 0 Å². The molecule has 1 aromatic heterocycles. The summed E-state index contributed by atoms with van der Waals surface area (Å²) in [7, 11) is 0.